The minimum absolute atomic E-state index is 0.0968. The van der Waals surface area contributed by atoms with E-state index in [4.69, 9.17) is 14.6 Å². The van der Waals surface area contributed by atoms with Crippen LogP contribution < -0.4 is 30.8 Å². The lowest BCUT2D eigenvalue weighted by Gasteiger charge is -2.13. The van der Waals surface area contributed by atoms with Crippen molar-refractivity contribution < 1.29 is 22.7 Å². The molecule has 28 heavy (non-hydrogen) atoms. The fraction of sp³-hybridized carbons (Fsp3) is 0.278. The number of primary sulfonamides is 1. The summed E-state index contributed by atoms with van der Waals surface area (Å²) in [5.41, 5.74) is 7.28. The van der Waals surface area contributed by atoms with Gasteiger partial charge in [0.25, 0.3) is 0 Å². The van der Waals surface area contributed by atoms with E-state index in [1.54, 1.807) is 43.5 Å². The molecule has 0 aromatic heterocycles. The summed E-state index contributed by atoms with van der Waals surface area (Å²) in [6, 6.07) is 11.0. The first-order valence-corrected chi connectivity index (χ1v) is 10.0. The fourth-order valence-corrected chi connectivity index (χ4v) is 3.71. The van der Waals surface area contributed by atoms with Gasteiger partial charge >= 0.3 is 0 Å². The van der Waals surface area contributed by atoms with E-state index >= 15 is 0 Å². The monoisotopic (exact) mass is 406 g/mol. The molecule has 1 aliphatic heterocycles. The summed E-state index contributed by atoms with van der Waals surface area (Å²) < 4.78 is 33.7. The van der Waals surface area contributed by atoms with E-state index in [2.05, 4.69) is 16.2 Å². The highest BCUT2D eigenvalue weighted by molar-refractivity contribution is 7.89. The van der Waals surface area contributed by atoms with Crippen LogP contribution in [0.3, 0.4) is 0 Å². The van der Waals surface area contributed by atoms with E-state index < -0.39 is 16.1 Å². The Morgan fingerprint density at radius 2 is 1.82 bits per heavy atom. The van der Waals surface area contributed by atoms with Gasteiger partial charge in [0.05, 0.1) is 14.2 Å². The summed E-state index contributed by atoms with van der Waals surface area (Å²) in [5.74, 6) is 0.662. The SMILES string of the molecule is COc1ccc(NC(=O)C2CC(c3ccc(OC)c(S(N)(=O)=O)c3)NN2)cc1. The topological polar surface area (TPSA) is 132 Å². The maximum absolute atomic E-state index is 12.5. The zero-order valence-electron chi connectivity index (χ0n) is 15.4. The molecule has 150 valence electrons. The smallest absolute Gasteiger partial charge is 0.242 e. The minimum Gasteiger partial charge on any atom is -0.497 e. The molecular formula is C18H22N4O5S. The average molecular weight is 406 g/mol. The van der Waals surface area contributed by atoms with Crippen LogP contribution in [0, 0.1) is 0 Å². The van der Waals surface area contributed by atoms with Crippen LogP contribution >= 0.6 is 0 Å². The van der Waals surface area contributed by atoms with Crippen molar-refractivity contribution in [3.05, 3.63) is 48.0 Å². The lowest BCUT2D eigenvalue weighted by molar-refractivity contribution is -0.117. The number of carbonyl (C=O) groups excluding carboxylic acids is 1. The lowest BCUT2D eigenvalue weighted by Crippen LogP contribution is -2.39. The highest BCUT2D eigenvalue weighted by Crippen LogP contribution is 2.30. The molecule has 0 radical (unpaired) electrons. The van der Waals surface area contributed by atoms with Crippen LogP contribution in [-0.2, 0) is 14.8 Å². The van der Waals surface area contributed by atoms with Crippen molar-refractivity contribution in [3.8, 4) is 11.5 Å². The zero-order chi connectivity index (χ0) is 20.3. The fourth-order valence-electron chi connectivity index (χ4n) is 2.98. The molecule has 0 saturated carbocycles. The summed E-state index contributed by atoms with van der Waals surface area (Å²) in [7, 11) is -0.991. The number of ether oxygens (including phenoxy) is 2. The summed E-state index contributed by atoms with van der Waals surface area (Å²) >= 11 is 0. The first-order valence-electron chi connectivity index (χ1n) is 8.48. The van der Waals surface area contributed by atoms with Crippen molar-refractivity contribution in [3.63, 3.8) is 0 Å². The Kier molecular flexibility index (Phi) is 5.84. The van der Waals surface area contributed by atoms with Crippen LogP contribution in [-0.4, -0.2) is 34.6 Å². The first-order chi connectivity index (χ1) is 13.3. The third-order valence-corrected chi connectivity index (χ3v) is 5.41. The predicted molar refractivity (Wildman–Crippen MR) is 103 cm³/mol. The molecule has 1 amide bonds. The Morgan fingerprint density at radius 3 is 2.43 bits per heavy atom. The summed E-state index contributed by atoms with van der Waals surface area (Å²) in [5, 5.41) is 8.09. The Hall–Kier alpha value is -2.66. The number of hydrogen-bond acceptors (Lipinski definition) is 7. The number of amides is 1. The number of nitrogens with one attached hydrogen (secondary N) is 3. The van der Waals surface area contributed by atoms with Crippen molar-refractivity contribution in [2.45, 2.75) is 23.4 Å². The van der Waals surface area contributed by atoms with Gasteiger partial charge < -0.3 is 14.8 Å². The van der Waals surface area contributed by atoms with Crippen LogP contribution in [0.15, 0.2) is 47.4 Å². The number of hydrogen-bond donors (Lipinski definition) is 4. The predicted octanol–water partition coefficient (Wildman–Crippen LogP) is 0.898. The van der Waals surface area contributed by atoms with Crippen molar-refractivity contribution in [1.82, 2.24) is 10.9 Å². The molecule has 1 fully saturated rings. The molecule has 1 saturated heterocycles. The summed E-state index contributed by atoms with van der Waals surface area (Å²) in [6.45, 7) is 0. The van der Waals surface area contributed by atoms with Crippen LogP contribution in [0.5, 0.6) is 11.5 Å². The Labute approximate surface area is 163 Å². The number of sulfonamides is 1. The molecule has 2 aromatic rings. The number of anilines is 1. The summed E-state index contributed by atoms with van der Waals surface area (Å²) in [6.07, 6.45) is 0.429. The molecule has 9 nitrogen and oxygen atoms in total. The number of carbonyl (C=O) groups is 1. The van der Waals surface area contributed by atoms with Crippen LogP contribution in [0.2, 0.25) is 0 Å². The average Bonchev–Trinajstić information content (AvgIpc) is 3.18. The first kappa shape index (κ1) is 20.1. The third-order valence-electron chi connectivity index (χ3n) is 4.47. The maximum Gasteiger partial charge on any atom is 0.242 e. The number of nitrogens with two attached hydrogens (primary N) is 1. The van der Waals surface area contributed by atoms with Crippen molar-refractivity contribution in [2.75, 3.05) is 19.5 Å². The van der Waals surface area contributed by atoms with Gasteiger partial charge in [-0.3, -0.25) is 4.79 Å². The Balaban J connectivity index is 1.70. The molecule has 5 N–H and O–H groups in total. The van der Waals surface area contributed by atoms with E-state index in [-0.39, 0.29) is 22.6 Å². The van der Waals surface area contributed by atoms with Gasteiger partial charge in [-0.1, -0.05) is 6.07 Å². The van der Waals surface area contributed by atoms with E-state index in [0.717, 1.165) is 0 Å². The number of benzene rings is 2. The number of rotatable bonds is 6. The molecule has 2 atom stereocenters. The number of methoxy groups -OCH3 is 2. The molecule has 1 aliphatic rings. The van der Waals surface area contributed by atoms with Crippen molar-refractivity contribution in [1.29, 1.82) is 0 Å². The van der Waals surface area contributed by atoms with E-state index in [9.17, 15) is 13.2 Å². The highest BCUT2D eigenvalue weighted by atomic mass is 32.2. The van der Waals surface area contributed by atoms with Gasteiger partial charge in [-0.25, -0.2) is 24.4 Å². The normalized spacial score (nSPS) is 19.2. The highest BCUT2D eigenvalue weighted by Gasteiger charge is 2.31. The van der Waals surface area contributed by atoms with E-state index in [0.29, 0.717) is 23.4 Å². The second-order valence-corrected chi connectivity index (χ2v) is 7.83. The molecule has 2 unspecified atom stereocenters. The molecule has 0 aliphatic carbocycles. The second kappa shape index (κ2) is 8.15. The van der Waals surface area contributed by atoms with Crippen LogP contribution in [0.25, 0.3) is 0 Å². The second-order valence-electron chi connectivity index (χ2n) is 6.30. The standard InChI is InChI=1S/C18H22N4O5S/c1-26-13-6-4-12(5-7-13)20-18(23)15-10-14(21-22-15)11-3-8-16(27-2)17(9-11)28(19,24)25/h3-9,14-15,21-22H,10H2,1-2H3,(H,20,23)(H2,19,24,25). The van der Waals surface area contributed by atoms with Gasteiger partial charge in [0.15, 0.2) is 0 Å². The van der Waals surface area contributed by atoms with Gasteiger partial charge in [0.2, 0.25) is 15.9 Å². The van der Waals surface area contributed by atoms with Gasteiger partial charge in [-0.15, -0.1) is 0 Å². The molecule has 0 bridgehead atoms. The van der Waals surface area contributed by atoms with Crippen molar-refractivity contribution in [2.24, 2.45) is 5.14 Å². The molecule has 3 rings (SSSR count). The molecule has 10 heteroatoms. The largest absolute Gasteiger partial charge is 0.497 e. The van der Waals surface area contributed by atoms with E-state index in [1.165, 1.54) is 13.2 Å². The number of hydrazine groups is 1. The van der Waals surface area contributed by atoms with E-state index in [1.807, 2.05) is 0 Å². The zero-order valence-corrected chi connectivity index (χ0v) is 16.2. The quantitative estimate of drug-likeness (QED) is 0.560. The third kappa shape index (κ3) is 4.42. The molecular weight excluding hydrogens is 384 g/mol. The van der Waals surface area contributed by atoms with Crippen LogP contribution in [0.4, 0.5) is 5.69 Å². The Morgan fingerprint density at radius 1 is 1.11 bits per heavy atom. The van der Waals surface area contributed by atoms with Gasteiger partial charge in [-0.05, 0) is 48.4 Å². The molecule has 1 heterocycles. The lowest BCUT2D eigenvalue weighted by atomic mass is 10.0. The minimum atomic E-state index is -3.94. The summed E-state index contributed by atoms with van der Waals surface area (Å²) in [4.78, 5) is 12.4. The van der Waals surface area contributed by atoms with Gasteiger partial charge in [0, 0.05) is 11.7 Å². The maximum atomic E-state index is 12.5. The van der Waals surface area contributed by atoms with Crippen LogP contribution in [0.1, 0.15) is 18.0 Å². The molecule has 2 aromatic carbocycles. The van der Waals surface area contributed by atoms with Gasteiger partial charge in [0.1, 0.15) is 22.4 Å². The molecule has 0 spiro atoms. The van der Waals surface area contributed by atoms with Gasteiger partial charge in [-0.2, -0.15) is 0 Å². The van der Waals surface area contributed by atoms with Crippen molar-refractivity contribution >= 4 is 21.6 Å². The Bertz CT molecular complexity index is 962.